The zero-order valence-corrected chi connectivity index (χ0v) is 35.4. The van der Waals surface area contributed by atoms with Crippen LogP contribution in [0.15, 0.2) is 247 Å². The van der Waals surface area contributed by atoms with Crippen LogP contribution in [-0.2, 0) is 0 Å². The minimum Gasteiger partial charge on any atom is -0.455 e. The van der Waals surface area contributed by atoms with Gasteiger partial charge in [-0.3, -0.25) is 0 Å². The minimum atomic E-state index is 0.869. The summed E-state index contributed by atoms with van der Waals surface area (Å²) in [4.78, 5) is 2.39. The highest BCUT2D eigenvalue weighted by Crippen LogP contribution is 2.45. The number of furan rings is 1. The van der Waals surface area contributed by atoms with Gasteiger partial charge >= 0.3 is 0 Å². The molecule has 13 aromatic rings. The van der Waals surface area contributed by atoms with E-state index in [2.05, 4.69) is 246 Å². The van der Waals surface area contributed by atoms with Crippen LogP contribution < -0.4 is 4.90 Å². The highest BCUT2D eigenvalue weighted by molar-refractivity contribution is 6.12. The van der Waals surface area contributed by atoms with Crippen LogP contribution >= 0.6 is 0 Å². The summed E-state index contributed by atoms with van der Waals surface area (Å²) < 4.78 is 9.15. The Hall–Kier alpha value is -8.66. The number of benzene rings is 11. The van der Waals surface area contributed by atoms with Gasteiger partial charge in [-0.05, 0) is 116 Å². The molecule has 3 nitrogen and oxygen atoms in total. The quantitative estimate of drug-likeness (QED) is 0.160. The van der Waals surface area contributed by atoms with Crippen molar-refractivity contribution in [3.8, 4) is 39.1 Å². The average Bonchev–Trinajstić information content (AvgIpc) is 3.92. The van der Waals surface area contributed by atoms with E-state index in [4.69, 9.17) is 4.42 Å². The largest absolute Gasteiger partial charge is 0.455 e. The van der Waals surface area contributed by atoms with Crippen LogP contribution in [-0.4, -0.2) is 4.57 Å². The van der Waals surface area contributed by atoms with Crippen LogP contribution in [0.25, 0.3) is 104 Å². The van der Waals surface area contributed by atoms with Gasteiger partial charge in [-0.15, -0.1) is 0 Å². The van der Waals surface area contributed by atoms with Gasteiger partial charge in [0, 0.05) is 49.9 Å². The van der Waals surface area contributed by atoms with Crippen molar-refractivity contribution < 1.29 is 4.42 Å². The van der Waals surface area contributed by atoms with Crippen molar-refractivity contribution in [1.29, 1.82) is 0 Å². The number of para-hydroxylation sites is 3. The van der Waals surface area contributed by atoms with Gasteiger partial charge in [0.15, 0.2) is 0 Å². The lowest BCUT2D eigenvalue weighted by atomic mass is 9.97. The van der Waals surface area contributed by atoms with Gasteiger partial charge in [-0.1, -0.05) is 176 Å². The lowest BCUT2D eigenvalue weighted by Crippen LogP contribution is -2.10. The second-order valence-electron chi connectivity index (χ2n) is 16.9. The fourth-order valence-corrected chi connectivity index (χ4v) is 10.1. The maximum Gasteiger partial charge on any atom is 0.143 e. The molecule has 13 rings (SSSR count). The van der Waals surface area contributed by atoms with Crippen LogP contribution in [0.2, 0.25) is 0 Å². The molecule has 0 saturated carbocycles. The summed E-state index contributed by atoms with van der Waals surface area (Å²) in [7, 11) is 0. The van der Waals surface area contributed by atoms with Crippen LogP contribution in [0.4, 0.5) is 17.1 Å². The number of aromatic nitrogens is 1. The van der Waals surface area contributed by atoms with Crippen molar-refractivity contribution in [3.63, 3.8) is 0 Å². The molecule has 0 unspecified atom stereocenters. The molecule has 0 aliphatic heterocycles. The first-order chi connectivity index (χ1) is 32.2. The van der Waals surface area contributed by atoms with E-state index in [0.717, 1.165) is 55.8 Å². The first kappa shape index (κ1) is 36.9. The van der Waals surface area contributed by atoms with Crippen molar-refractivity contribution >= 4 is 82.4 Å². The van der Waals surface area contributed by atoms with Crippen molar-refractivity contribution in [2.24, 2.45) is 0 Å². The minimum absolute atomic E-state index is 0.869. The Bertz CT molecular complexity index is 3740. The summed E-state index contributed by atoms with van der Waals surface area (Å²) in [6.07, 6.45) is 0. The average molecular weight is 829 g/mol. The molecule has 2 aromatic heterocycles. The fourth-order valence-electron chi connectivity index (χ4n) is 10.1. The summed E-state index contributed by atoms with van der Waals surface area (Å²) in [6.45, 7) is 0. The van der Waals surface area contributed by atoms with Crippen LogP contribution in [0.3, 0.4) is 0 Å². The summed E-state index contributed by atoms with van der Waals surface area (Å²) in [5, 5.41) is 9.62. The van der Waals surface area contributed by atoms with Gasteiger partial charge in [-0.2, -0.15) is 0 Å². The zero-order chi connectivity index (χ0) is 42.8. The lowest BCUT2D eigenvalue weighted by molar-refractivity contribution is 0.670. The topological polar surface area (TPSA) is 21.3 Å². The predicted octanol–water partition coefficient (Wildman–Crippen LogP) is 17.5. The van der Waals surface area contributed by atoms with Crippen molar-refractivity contribution in [2.45, 2.75) is 0 Å². The van der Waals surface area contributed by atoms with Crippen LogP contribution in [0, 0.1) is 0 Å². The molecule has 0 saturated heterocycles. The van der Waals surface area contributed by atoms with E-state index < -0.39 is 0 Å². The van der Waals surface area contributed by atoms with E-state index in [0.29, 0.717) is 0 Å². The number of rotatable bonds is 7. The summed E-state index contributed by atoms with van der Waals surface area (Å²) in [6, 6.07) is 87.7. The molecule has 0 radical (unpaired) electrons. The predicted molar refractivity (Wildman–Crippen MR) is 274 cm³/mol. The van der Waals surface area contributed by atoms with Gasteiger partial charge in [0.25, 0.3) is 0 Å². The number of anilines is 3. The van der Waals surface area contributed by atoms with Crippen molar-refractivity contribution in [1.82, 2.24) is 4.57 Å². The molecule has 0 atom stereocenters. The van der Waals surface area contributed by atoms with E-state index in [1.807, 2.05) is 6.07 Å². The third kappa shape index (κ3) is 6.12. The number of hydrogen-bond donors (Lipinski definition) is 0. The molecule has 0 aliphatic rings. The van der Waals surface area contributed by atoms with Crippen molar-refractivity contribution in [3.05, 3.63) is 243 Å². The maximum absolute atomic E-state index is 6.78. The second kappa shape index (κ2) is 15.0. The monoisotopic (exact) mass is 828 g/mol. The Labute approximate surface area is 376 Å². The molecular formula is C62H40N2O. The maximum atomic E-state index is 6.78. The number of nitrogens with zero attached hydrogens (tertiary/aromatic N) is 2. The van der Waals surface area contributed by atoms with Crippen LogP contribution in [0.1, 0.15) is 0 Å². The molecule has 304 valence electrons. The molecule has 0 aliphatic carbocycles. The molecule has 0 spiro atoms. The van der Waals surface area contributed by atoms with Gasteiger partial charge in [0.1, 0.15) is 11.2 Å². The Morgan fingerprint density at radius 2 is 0.754 bits per heavy atom. The van der Waals surface area contributed by atoms with Crippen molar-refractivity contribution in [2.75, 3.05) is 4.90 Å². The molecule has 0 N–H and O–H groups in total. The molecule has 3 heteroatoms. The van der Waals surface area contributed by atoms with E-state index in [1.54, 1.807) is 0 Å². The van der Waals surface area contributed by atoms with E-state index in [1.165, 1.54) is 65.6 Å². The van der Waals surface area contributed by atoms with Gasteiger partial charge in [0.2, 0.25) is 0 Å². The normalized spacial score (nSPS) is 11.7. The third-order valence-electron chi connectivity index (χ3n) is 13.2. The van der Waals surface area contributed by atoms with Gasteiger partial charge in [0.05, 0.1) is 11.0 Å². The molecule has 2 heterocycles. The standard InChI is InChI=1S/C62H40N2O/c1-3-17-50-41(13-1)15-11-22-52(50)43-27-33-46(34-28-43)63(47-35-29-44(30-36-47)53-23-12-16-42-14-2-4-18-51(42)53)49-39-57(62-58(40-49)56-21-7-10-26-61(56)65-62)45-31-37-48(38-32-45)64-59-24-8-5-19-54(59)55-20-6-9-25-60(55)64/h1-40H. The highest BCUT2D eigenvalue weighted by Gasteiger charge is 2.21. The molecule has 0 fully saturated rings. The molecule has 0 amide bonds. The summed E-state index contributed by atoms with van der Waals surface area (Å²) in [5.74, 6) is 0. The smallest absolute Gasteiger partial charge is 0.143 e. The van der Waals surface area contributed by atoms with Gasteiger partial charge < -0.3 is 13.9 Å². The third-order valence-corrected chi connectivity index (χ3v) is 13.2. The van der Waals surface area contributed by atoms with Gasteiger partial charge in [-0.25, -0.2) is 0 Å². The Balaban J connectivity index is 0.987. The van der Waals surface area contributed by atoms with E-state index >= 15 is 0 Å². The van der Waals surface area contributed by atoms with Crippen LogP contribution in [0.5, 0.6) is 0 Å². The highest BCUT2D eigenvalue weighted by atomic mass is 16.3. The Morgan fingerprint density at radius 1 is 0.308 bits per heavy atom. The first-order valence-electron chi connectivity index (χ1n) is 22.2. The van der Waals surface area contributed by atoms with E-state index in [-0.39, 0.29) is 0 Å². The number of hydrogen-bond acceptors (Lipinski definition) is 2. The molecule has 11 aromatic carbocycles. The molecule has 0 bridgehead atoms. The second-order valence-corrected chi connectivity index (χ2v) is 16.9. The molecule has 65 heavy (non-hydrogen) atoms. The zero-order valence-electron chi connectivity index (χ0n) is 35.4. The lowest BCUT2D eigenvalue weighted by Gasteiger charge is -2.27. The van der Waals surface area contributed by atoms with E-state index in [9.17, 15) is 0 Å². The Morgan fingerprint density at radius 3 is 1.32 bits per heavy atom. The molecular weight excluding hydrogens is 789 g/mol. The SMILES string of the molecule is c1ccc2c(-c3ccc(N(c4ccc(-c5cccc6ccccc56)cc4)c4cc(-c5ccc(-n6c7ccccc7c7ccccc76)cc5)c5oc6ccccc6c5c4)cc3)cccc2c1. The number of fused-ring (bicyclic) bond motifs is 8. The Kier molecular flexibility index (Phi) is 8.53. The summed E-state index contributed by atoms with van der Waals surface area (Å²) >= 11 is 0. The first-order valence-corrected chi connectivity index (χ1v) is 22.2. The summed E-state index contributed by atoms with van der Waals surface area (Å²) in [5.41, 5.74) is 15.3. The fraction of sp³-hybridized carbons (Fsp3) is 0.